The molecule has 0 amide bonds. The van der Waals surface area contributed by atoms with Crippen LogP contribution in [0, 0.1) is 0 Å². The highest BCUT2D eigenvalue weighted by atomic mass is 16.5. The van der Waals surface area contributed by atoms with Gasteiger partial charge in [0.05, 0.1) is 11.1 Å². The molecule has 4 rings (SSSR count). The van der Waals surface area contributed by atoms with Gasteiger partial charge in [0.1, 0.15) is 11.5 Å². The summed E-state index contributed by atoms with van der Waals surface area (Å²) in [5, 5.41) is 0. The first-order chi connectivity index (χ1) is 28.7. The number of ether oxygens (including phenoxy) is 2. The van der Waals surface area contributed by atoms with Gasteiger partial charge >= 0.3 is 11.9 Å². The number of benzene rings is 2. The van der Waals surface area contributed by atoms with Gasteiger partial charge in [-0.1, -0.05) is 235 Å². The normalized spacial score (nSPS) is 16.2. The Morgan fingerprint density at radius 1 is 0.417 bits per heavy atom. The molecule has 0 N–H and O–H groups in total. The zero-order valence-corrected chi connectivity index (χ0v) is 40.5. The molecule has 4 heteroatoms. The van der Waals surface area contributed by atoms with E-state index in [0.717, 1.165) is 59.1 Å². The Morgan fingerprint density at radius 2 is 0.683 bits per heavy atom. The Morgan fingerprint density at radius 3 is 0.950 bits per heavy atom. The maximum Gasteiger partial charge on any atom is 0.345 e. The van der Waals surface area contributed by atoms with Gasteiger partial charge in [-0.25, -0.2) is 9.59 Å². The first-order valence-electron chi connectivity index (χ1n) is 25.2. The number of hydrogen-bond acceptors (Lipinski definition) is 4. The summed E-state index contributed by atoms with van der Waals surface area (Å²) in [4.78, 5) is 28.3. The molecule has 0 fully saturated rings. The molecule has 60 heavy (non-hydrogen) atoms. The van der Waals surface area contributed by atoms with Crippen LogP contribution in [0.25, 0.3) is 11.1 Å². The highest BCUT2D eigenvalue weighted by Gasteiger charge is 2.42. The quantitative estimate of drug-likeness (QED) is 0.0371. The molecule has 0 aliphatic carbocycles. The summed E-state index contributed by atoms with van der Waals surface area (Å²) in [6.45, 7) is 22.4. The lowest BCUT2D eigenvalue weighted by molar-refractivity contribution is -0.129. The molecule has 4 nitrogen and oxygen atoms in total. The predicted octanol–water partition coefficient (Wildman–Crippen LogP) is 17.4. The largest absolute Gasteiger partial charge is 0.422 e. The molecule has 2 unspecified atom stereocenters. The van der Waals surface area contributed by atoms with Gasteiger partial charge in [0.2, 0.25) is 0 Å². The fourth-order valence-corrected chi connectivity index (χ4v) is 9.37. The topological polar surface area (TPSA) is 52.6 Å². The van der Waals surface area contributed by atoms with Gasteiger partial charge in [0.25, 0.3) is 0 Å². The summed E-state index contributed by atoms with van der Waals surface area (Å²) in [7, 11) is 0. The van der Waals surface area contributed by atoms with Gasteiger partial charge in [-0.15, -0.1) is 0 Å². The van der Waals surface area contributed by atoms with Crippen LogP contribution in [0.5, 0.6) is 11.5 Å². The Bertz CT molecular complexity index is 1560. The van der Waals surface area contributed by atoms with Crippen LogP contribution in [0.1, 0.15) is 281 Å². The van der Waals surface area contributed by atoms with E-state index in [-0.39, 0.29) is 22.7 Å². The van der Waals surface area contributed by atoms with E-state index < -0.39 is 11.9 Å². The molecule has 2 aromatic rings. The number of carbonyl (C=O) groups excluding carboxylic acids is 2. The van der Waals surface area contributed by atoms with Gasteiger partial charge in [-0.3, -0.25) is 0 Å². The lowest BCUT2D eigenvalue weighted by Crippen LogP contribution is -2.13. The van der Waals surface area contributed by atoms with Crippen molar-refractivity contribution in [1.29, 1.82) is 0 Å². The van der Waals surface area contributed by atoms with E-state index in [9.17, 15) is 9.59 Å². The minimum Gasteiger partial charge on any atom is -0.422 e. The van der Waals surface area contributed by atoms with Crippen LogP contribution in [0.2, 0.25) is 0 Å². The maximum atomic E-state index is 14.1. The molecular formula is C56H88O4. The average Bonchev–Trinajstić information content (AvgIpc) is 3.70. The van der Waals surface area contributed by atoms with Crippen molar-refractivity contribution in [2.75, 3.05) is 0 Å². The van der Waals surface area contributed by atoms with Crippen molar-refractivity contribution in [3.63, 3.8) is 0 Å². The molecule has 0 aromatic heterocycles. The Kier molecular flexibility index (Phi) is 20.5. The molecule has 0 radical (unpaired) electrons. The fourth-order valence-electron chi connectivity index (χ4n) is 9.37. The van der Waals surface area contributed by atoms with Crippen LogP contribution in [0.15, 0.2) is 24.3 Å². The highest BCUT2D eigenvalue weighted by molar-refractivity contribution is 6.41. The smallest absolute Gasteiger partial charge is 0.345 e. The first kappa shape index (κ1) is 49.8. The number of unbranched alkanes of at least 4 members (excludes halogenated alkanes) is 22. The summed E-state index contributed by atoms with van der Waals surface area (Å²) >= 11 is 0. The molecule has 0 spiro atoms. The summed E-state index contributed by atoms with van der Waals surface area (Å²) in [5.74, 6) is 0.837. The Hall–Kier alpha value is -2.88. The monoisotopic (exact) mass is 825 g/mol. The summed E-state index contributed by atoms with van der Waals surface area (Å²) in [6, 6.07) is 8.75. The molecule has 2 heterocycles. The van der Waals surface area contributed by atoms with E-state index in [4.69, 9.17) is 9.47 Å². The van der Waals surface area contributed by atoms with Crippen molar-refractivity contribution in [3.8, 4) is 11.5 Å². The van der Waals surface area contributed by atoms with Gasteiger partial charge in [0.15, 0.2) is 0 Å². The first-order valence-corrected chi connectivity index (χ1v) is 25.2. The average molecular weight is 825 g/mol. The van der Waals surface area contributed by atoms with Gasteiger partial charge in [-0.05, 0) is 69.9 Å². The SMILES string of the molecule is CCCCCCCCCCCCCCC(C)c1cc(C(C)(C)C)cc2c1OC(=O)C2=C1C(=O)Oc2c1cc(C(C)(C)C)cc2C(C)CCCCCCCCCCCCCC. The minimum absolute atomic E-state index is 0.148. The molecule has 0 saturated heterocycles. The van der Waals surface area contributed by atoms with Crippen LogP contribution in [-0.4, -0.2) is 11.9 Å². The zero-order chi connectivity index (χ0) is 43.7. The minimum atomic E-state index is -0.443. The van der Waals surface area contributed by atoms with E-state index in [2.05, 4.69) is 93.5 Å². The summed E-state index contributed by atoms with van der Waals surface area (Å²) < 4.78 is 12.5. The maximum absolute atomic E-state index is 14.1. The number of carbonyl (C=O) groups is 2. The third-order valence-electron chi connectivity index (χ3n) is 13.6. The number of rotatable bonds is 28. The molecule has 0 bridgehead atoms. The molecule has 0 saturated carbocycles. The molecule has 2 aromatic carbocycles. The fraction of sp³-hybridized carbons (Fsp3) is 0.714. The summed E-state index contributed by atoms with van der Waals surface area (Å²) in [5.41, 5.74) is 6.39. The van der Waals surface area contributed by atoms with Crippen LogP contribution in [-0.2, 0) is 20.4 Å². The van der Waals surface area contributed by atoms with E-state index in [1.54, 1.807) is 0 Å². The van der Waals surface area contributed by atoms with Gasteiger partial charge in [-0.2, -0.15) is 0 Å². The van der Waals surface area contributed by atoms with Crippen LogP contribution in [0.3, 0.4) is 0 Å². The zero-order valence-electron chi connectivity index (χ0n) is 40.5. The van der Waals surface area contributed by atoms with Crippen molar-refractivity contribution < 1.29 is 19.1 Å². The second-order valence-corrected chi connectivity index (χ2v) is 21.1. The van der Waals surface area contributed by atoms with Gasteiger partial charge in [0, 0.05) is 11.1 Å². The van der Waals surface area contributed by atoms with Crippen LogP contribution in [0.4, 0.5) is 0 Å². The van der Waals surface area contributed by atoms with Gasteiger partial charge < -0.3 is 9.47 Å². The predicted molar refractivity (Wildman–Crippen MR) is 257 cm³/mol. The van der Waals surface area contributed by atoms with Crippen molar-refractivity contribution in [1.82, 2.24) is 0 Å². The number of hydrogen-bond donors (Lipinski definition) is 0. The Labute approximate surface area is 368 Å². The molecule has 2 atom stereocenters. The second-order valence-electron chi connectivity index (χ2n) is 21.1. The van der Waals surface area contributed by atoms with E-state index >= 15 is 0 Å². The summed E-state index contributed by atoms with van der Waals surface area (Å²) in [6.07, 6.45) is 34.0. The molecular weight excluding hydrogens is 737 g/mol. The van der Waals surface area contributed by atoms with E-state index in [1.165, 1.54) is 141 Å². The molecule has 2 aliphatic rings. The van der Waals surface area contributed by atoms with Crippen LogP contribution >= 0.6 is 0 Å². The van der Waals surface area contributed by atoms with Crippen LogP contribution < -0.4 is 9.47 Å². The van der Waals surface area contributed by atoms with Crippen molar-refractivity contribution in [3.05, 3.63) is 57.6 Å². The number of esters is 2. The van der Waals surface area contributed by atoms with E-state index in [1.807, 2.05) is 0 Å². The van der Waals surface area contributed by atoms with Crippen molar-refractivity contribution >= 4 is 23.1 Å². The highest BCUT2D eigenvalue weighted by Crippen LogP contribution is 2.51. The molecule has 336 valence electrons. The third-order valence-corrected chi connectivity index (χ3v) is 13.6. The van der Waals surface area contributed by atoms with E-state index in [0.29, 0.717) is 22.6 Å². The van der Waals surface area contributed by atoms with Crippen molar-refractivity contribution in [2.45, 2.75) is 259 Å². The number of fused-ring (bicyclic) bond motifs is 2. The lowest BCUT2D eigenvalue weighted by Gasteiger charge is -2.24. The standard InChI is InChI=1S/C56H88O4/c1-11-13-15-17-19-21-23-25-27-29-31-33-35-41(3)45-37-43(55(5,6)7)39-47-49(53(57)59-51(45)47)50-48-40-44(56(8,9)10)38-46(52(48)60-54(50)58)42(4)36-34-32-30-28-26-24-22-20-18-16-14-12-2/h37-42H,11-36H2,1-10H3. The third kappa shape index (κ3) is 14.6. The molecule has 2 aliphatic heterocycles. The Balaban J connectivity index is 1.49. The lowest BCUT2D eigenvalue weighted by atomic mass is 9.79. The van der Waals surface area contributed by atoms with Crippen molar-refractivity contribution in [2.24, 2.45) is 0 Å². The second kappa shape index (κ2) is 24.7.